The first kappa shape index (κ1) is 26.5. The third-order valence-corrected chi connectivity index (χ3v) is 9.01. The minimum absolute atomic E-state index is 0.183. The summed E-state index contributed by atoms with van der Waals surface area (Å²) in [5.74, 6) is -0.203. The maximum atomic E-state index is 12.8. The fraction of sp³-hybridized carbons (Fsp3) is 0.433. The smallest absolute Gasteiger partial charge is 0.412 e. The van der Waals surface area contributed by atoms with E-state index in [-0.39, 0.29) is 12.1 Å². The Kier molecular flexibility index (Phi) is 7.08. The molecule has 3 fully saturated rings. The van der Waals surface area contributed by atoms with Crippen LogP contribution in [0.1, 0.15) is 62.7 Å². The number of halogens is 1. The second-order valence-electron chi connectivity index (χ2n) is 11.0. The Bertz CT molecular complexity index is 1390. The summed E-state index contributed by atoms with van der Waals surface area (Å²) >= 11 is 6.26. The number of nitrogens with one attached hydrogen (secondary N) is 1. The molecule has 2 heterocycles. The van der Waals surface area contributed by atoms with Crippen LogP contribution in [0.3, 0.4) is 0 Å². The van der Waals surface area contributed by atoms with E-state index in [0.29, 0.717) is 36.0 Å². The number of carboxylic acid groups (broad SMARTS) is 1. The van der Waals surface area contributed by atoms with Crippen molar-refractivity contribution in [2.24, 2.45) is 0 Å². The lowest BCUT2D eigenvalue weighted by atomic mass is 9.85. The molecule has 6 rings (SSSR count). The number of hydrogen-bond donors (Lipinski definition) is 2. The lowest BCUT2D eigenvalue weighted by Crippen LogP contribution is -2.61. The van der Waals surface area contributed by atoms with Gasteiger partial charge in [-0.15, -0.1) is 0 Å². The number of piperazine rings is 1. The van der Waals surface area contributed by atoms with E-state index >= 15 is 0 Å². The zero-order chi connectivity index (χ0) is 27.9. The Labute approximate surface area is 238 Å². The number of carbonyl (C=O) groups is 2. The van der Waals surface area contributed by atoms with Gasteiger partial charge in [-0.25, -0.2) is 4.79 Å². The minimum atomic E-state index is -0.736. The van der Waals surface area contributed by atoms with Gasteiger partial charge in [-0.05, 0) is 56.4 Å². The average molecular weight is 565 g/mol. The summed E-state index contributed by atoms with van der Waals surface area (Å²) in [5, 5.41) is 17.0. The molecule has 3 unspecified atom stereocenters. The predicted molar refractivity (Wildman–Crippen MR) is 152 cm³/mol. The van der Waals surface area contributed by atoms with Gasteiger partial charge < -0.3 is 24.2 Å². The molecular formula is C30H33ClN4O5. The van der Waals surface area contributed by atoms with E-state index < -0.39 is 23.6 Å². The van der Waals surface area contributed by atoms with Gasteiger partial charge >= 0.3 is 12.1 Å². The molecule has 2 N–H and O–H groups in total. The number of carbonyl (C=O) groups excluding carboxylic acids is 1. The van der Waals surface area contributed by atoms with Crippen molar-refractivity contribution in [2.45, 2.75) is 69.1 Å². The Morgan fingerprint density at radius 3 is 2.42 bits per heavy atom. The Morgan fingerprint density at radius 1 is 1.07 bits per heavy atom. The van der Waals surface area contributed by atoms with Gasteiger partial charge in [0.1, 0.15) is 11.8 Å². The fourth-order valence-corrected chi connectivity index (χ4v) is 6.65. The first-order valence-electron chi connectivity index (χ1n) is 13.9. The maximum Gasteiger partial charge on any atom is 0.412 e. The van der Waals surface area contributed by atoms with Crippen LogP contribution in [-0.2, 0) is 14.9 Å². The van der Waals surface area contributed by atoms with Crippen LogP contribution in [0.2, 0.25) is 5.02 Å². The minimum Gasteiger partial charge on any atom is -0.481 e. The molecule has 9 nitrogen and oxygen atoms in total. The zero-order valence-corrected chi connectivity index (χ0v) is 23.1. The summed E-state index contributed by atoms with van der Waals surface area (Å²) in [7, 11) is 0. The second-order valence-corrected chi connectivity index (χ2v) is 11.4. The topological polar surface area (TPSA) is 108 Å². The van der Waals surface area contributed by atoms with Gasteiger partial charge in [0.25, 0.3) is 5.88 Å². The molecular weight excluding hydrogens is 532 g/mol. The second kappa shape index (κ2) is 10.7. The van der Waals surface area contributed by atoms with Gasteiger partial charge in [0.2, 0.25) is 0 Å². The summed E-state index contributed by atoms with van der Waals surface area (Å²) in [5.41, 5.74) is 2.49. The molecule has 1 aromatic heterocycles. The number of carboxylic acids is 1. The monoisotopic (exact) mass is 564 g/mol. The van der Waals surface area contributed by atoms with Crippen molar-refractivity contribution in [1.29, 1.82) is 0 Å². The average Bonchev–Trinajstić information content (AvgIpc) is 3.66. The lowest BCUT2D eigenvalue weighted by Gasteiger charge is -2.50. The van der Waals surface area contributed by atoms with Crippen molar-refractivity contribution in [3.63, 3.8) is 0 Å². The van der Waals surface area contributed by atoms with E-state index in [9.17, 15) is 14.7 Å². The van der Waals surface area contributed by atoms with Crippen molar-refractivity contribution < 1.29 is 24.0 Å². The Hall–Kier alpha value is -3.72. The highest BCUT2D eigenvalue weighted by Gasteiger charge is 2.51. The number of ether oxygens (including phenoxy) is 1. The maximum absolute atomic E-state index is 12.8. The van der Waals surface area contributed by atoms with Crippen LogP contribution in [0.4, 0.5) is 22.1 Å². The van der Waals surface area contributed by atoms with Crippen molar-refractivity contribution in [3.05, 3.63) is 70.9 Å². The number of amides is 1. The number of aromatic nitrogens is 1. The highest BCUT2D eigenvalue weighted by Crippen LogP contribution is 2.49. The van der Waals surface area contributed by atoms with Gasteiger partial charge in [-0.1, -0.05) is 59.9 Å². The fourth-order valence-electron chi connectivity index (χ4n) is 6.36. The molecule has 2 saturated carbocycles. The van der Waals surface area contributed by atoms with E-state index in [1.54, 1.807) is 13.0 Å². The van der Waals surface area contributed by atoms with E-state index in [1.807, 2.05) is 30.3 Å². The van der Waals surface area contributed by atoms with Gasteiger partial charge in [-0.2, -0.15) is 0 Å². The molecule has 1 amide bonds. The number of fused-ring (bicyclic) bond motifs is 1. The Morgan fingerprint density at radius 2 is 1.75 bits per heavy atom. The van der Waals surface area contributed by atoms with E-state index in [1.165, 1.54) is 6.20 Å². The molecule has 0 radical (unpaired) electrons. The van der Waals surface area contributed by atoms with Crippen LogP contribution < -0.4 is 15.1 Å². The molecule has 40 heavy (non-hydrogen) atoms. The van der Waals surface area contributed by atoms with Crippen LogP contribution in [0.5, 0.6) is 0 Å². The van der Waals surface area contributed by atoms with Crippen LogP contribution >= 0.6 is 11.6 Å². The molecule has 2 aromatic carbocycles. The summed E-state index contributed by atoms with van der Waals surface area (Å²) in [4.78, 5) is 29.2. The van der Waals surface area contributed by atoms with Gasteiger partial charge in [-0.3, -0.25) is 10.1 Å². The summed E-state index contributed by atoms with van der Waals surface area (Å²) in [6, 6.07) is 15.8. The molecule has 3 aliphatic rings. The van der Waals surface area contributed by atoms with E-state index in [0.717, 1.165) is 49.0 Å². The van der Waals surface area contributed by atoms with Crippen LogP contribution in [0.25, 0.3) is 0 Å². The van der Waals surface area contributed by atoms with Crippen LogP contribution in [-0.4, -0.2) is 47.5 Å². The number of aliphatic carboxylic acids is 1. The van der Waals surface area contributed by atoms with Gasteiger partial charge in [0, 0.05) is 35.4 Å². The normalized spacial score (nSPS) is 22.2. The quantitative estimate of drug-likeness (QED) is 0.340. The molecule has 10 heteroatoms. The number of anilines is 3. The largest absolute Gasteiger partial charge is 0.481 e. The summed E-state index contributed by atoms with van der Waals surface area (Å²) in [6.07, 6.45) is 6.06. The van der Waals surface area contributed by atoms with Crippen molar-refractivity contribution >= 4 is 40.9 Å². The molecule has 0 bridgehead atoms. The SMILES string of the molecule is CC(OC(=O)Nc1cnoc1N1CCN(c2ccc(C3(C(=O)O)CC3)cc2)C2CCCCC21)c1ccccc1Cl. The van der Waals surface area contributed by atoms with Crippen molar-refractivity contribution in [3.8, 4) is 0 Å². The number of rotatable bonds is 7. The van der Waals surface area contributed by atoms with Crippen LogP contribution in [0.15, 0.2) is 59.3 Å². The molecule has 0 spiro atoms. The third kappa shape index (κ3) is 4.87. The molecule has 210 valence electrons. The zero-order valence-electron chi connectivity index (χ0n) is 22.4. The molecule has 3 atom stereocenters. The van der Waals surface area contributed by atoms with Gasteiger partial charge in [0.05, 0.1) is 17.7 Å². The first-order valence-corrected chi connectivity index (χ1v) is 14.3. The number of hydrogen-bond acceptors (Lipinski definition) is 7. The van der Waals surface area contributed by atoms with E-state index in [2.05, 4.69) is 32.4 Å². The number of nitrogens with zero attached hydrogens (tertiary/aromatic N) is 3. The van der Waals surface area contributed by atoms with Gasteiger partial charge in [0.15, 0.2) is 0 Å². The molecule has 1 saturated heterocycles. The number of benzene rings is 2. The van der Waals surface area contributed by atoms with Crippen molar-refractivity contribution in [2.75, 3.05) is 28.2 Å². The van der Waals surface area contributed by atoms with E-state index in [4.69, 9.17) is 20.9 Å². The predicted octanol–water partition coefficient (Wildman–Crippen LogP) is 6.39. The molecule has 3 aromatic rings. The lowest BCUT2D eigenvalue weighted by molar-refractivity contribution is -0.140. The molecule has 2 aliphatic carbocycles. The standard InChI is InChI=1S/C30H33ClN4O5/c1-19(22-6-2-3-7-23(22)31)39-29(38)33-24-18-32-40-27(24)35-17-16-34(25-8-4-5-9-26(25)35)21-12-10-20(11-13-21)30(14-15-30)28(36)37/h2-3,6-7,10-13,18-19,25-26H,4-5,8-9,14-17H2,1H3,(H,33,38)(H,36,37). The summed E-state index contributed by atoms with van der Waals surface area (Å²) < 4.78 is 11.3. The van der Waals surface area contributed by atoms with Crippen molar-refractivity contribution in [1.82, 2.24) is 5.16 Å². The molecule has 1 aliphatic heterocycles. The highest BCUT2D eigenvalue weighted by molar-refractivity contribution is 6.31. The Balaban J connectivity index is 1.16. The summed E-state index contributed by atoms with van der Waals surface area (Å²) in [6.45, 7) is 3.23. The highest BCUT2D eigenvalue weighted by atomic mass is 35.5. The third-order valence-electron chi connectivity index (χ3n) is 8.66. The van der Waals surface area contributed by atoms with Crippen LogP contribution in [0, 0.1) is 0 Å². The first-order chi connectivity index (χ1) is 19.4.